The largest absolute Gasteiger partial charge is 0.398 e. The van der Waals surface area contributed by atoms with Crippen molar-refractivity contribution in [3.8, 4) is 6.07 Å². The van der Waals surface area contributed by atoms with E-state index in [1.165, 1.54) is 0 Å². The maximum atomic E-state index is 12.2. The summed E-state index contributed by atoms with van der Waals surface area (Å²) in [6, 6.07) is 7.16. The molecule has 0 aliphatic heterocycles. The first-order chi connectivity index (χ1) is 8.68. The molecule has 0 saturated carbocycles. The lowest BCUT2D eigenvalue weighted by Crippen LogP contribution is -2.14. The number of nitrogens with two attached hydrogens (primary N) is 1. The van der Waals surface area contributed by atoms with E-state index >= 15 is 0 Å². The van der Waals surface area contributed by atoms with Crippen LogP contribution in [0.25, 0.3) is 0 Å². The van der Waals surface area contributed by atoms with E-state index in [-0.39, 0.29) is 16.3 Å². The molecule has 0 spiro atoms. The fourth-order valence-corrected chi connectivity index (χ4v) is 3.32. The SMILES string of the molecule is Cc1ccc(N)c(S(=O)(=O)CCCC(C)(C)C#N)c1. The molecular weight excluding hydrogens is 260 g/mol. The van der Waals surface area contributed by atoms with Crippen LogP contribution in [0.5, 0.6) is 0 Å². The number of aryl methyl sites for hydroxylation is 1. The summed E-state index contributed by atoms with van der Waals surface area (Å²) in [7, 11) is -3.38. The minimum absolute atomic E-state index is 0.0196. The van der Waals surface area contributed by atoms with Gasteiger partial charge >= 0.3 is 0 Å². The Hall–Kier alpha value is -1.54. The van der Waals surface area contributed by atoms with Crippen molar-refractivity contribution in [2.75, 3.05) is 11.5 Å². The Balaban J connectivity index is 2.83. The van der Waals surface area contributed by atoms with E-state index in [2.05, 4.69) is 6.07 Å². The van der Waals surface area contributed by atoms with Gasteiger partial charge in [0.1, 0.15) is 0 Å². The summed E-state index contributed by atoms with van der Waals surface area (Å²) < 4.78 is 24.4. The van der Waals surface area contributed by atoms with Crippen LogP contribution >= 0.6 is 0 Å². The maximum Gasteiger partial charge on any atom is 0.180 e. The molecule has 19 heavy (non-hydrogen) atoms. The van der Waals surface area contributed by atoms with E-state index in [0.29, 0.717) is 12.8 Å². The van der Waals surface area contributed by atoms with Gasteiger partial charge in [0.05, 0.1) is 27.8 Å². The van der Waals surface area contributed by atoms with Crippen molar-refractivity contribution in [1.82, 2.24) is 0 Å². The zero-order valence-electron chi connectivity index (χ0n) is 11.6. The smallest absolute Gasteiger partial charge is 0.180 e. The van der Waals surface area contributed by atoms with Gasteiger partial charge in [-0.1, -0.05) is 6.07 Å². The summed E-state index contributed by atoms with van der Waals surface area (Å²) in [6.07, 6.45) is 1.00. The third kappa shape index (κ3) is 4.25. The second-order valence-corrected chi connectivity index (χ2v) is 7.54. The predicted octanol–water partition coefficient (Wildman–Crippen LogP) is 2.68. The number of nitriles is 1. The van der Waals surface area contributed by atoms with Crippen LogP contribution < -0.4 is 5.73 Å². The standard InChI is InChI=1S/C14H20N2O2S/c1-11-5-6-12(16)13(9-11)19(17,18)8-4-7-14(2,3)10-15/h5-6,9H,4,7-8,16H2,1-3H3. The molecule has 5 heteroatoms. The van der Waals surface area contributed by atoms with Gasteiger partial charge in [-0.15, -0.1) is 0 Å². The second kappa shape index (κ2) is 5.62. The lowest BCUT2D eigenvalue weighted by atomic mass is 9.90. The van der Waals surface area contributed by atoms with Crippen molar-refractivity contribution in [1.29, 1.82) is 5.26 Å². The minimum atomic E-state index is -3.38. The fourth-order valence-electron chi connectivity index (χ4n) is 1.78. The molecule has 1 aromatic carbocycles. The number of hydrogen-bond acceptors (Lipinski definition) is 4. The first-order valence-electron chi connectivity index (χ1n) is 6.18. The Morgan fingerprint density at radius 1 is 1.37 bits per heavy atom. The highest BCUT2D eigenvalue weighted by atomic mass is 32.2. The molecule has 0 unspecified atom stereocenters. The third-order valence-corrected chi connectivity index (χ3v) is 4.87. The van der Waals surface area contributed by atoms with E-state index in [1.807, 2.05) is 6.92 Å². The number of hydrogen-bond donors (Lipinski definition) is 1. The fraction of sp³-hybridized carbons (Fsp3) is 0.500. The third-order valence-electron chi connectivity index (χ3n) is 3.02. The summed E-state index contributed by atoms with van der Waals surface area (Å²) in [4.78, 5) is 0.197. The zero-order chi connectivity index (χ0) is 14.7. The molecule has 0 heterocycles. The molecule has 0 saturated heterocycles. The van der Waals surface area contributed by atoms with Crippen LogP contribution in [0.15, 0.2) is 23.1 Å². The van der Waals surface area contributed by atoms with Crippen LogP contribution in [-0.2, 0) is 9.84 Å². The van der Waals surface area contributed by atoms with Crippen LogP contribution in [0, 0.1) is 23.7 Å². The monoisotopic (exact) mass is 280 g/mol. The maximum absolute atomic E-state index is 12.2. The van der Waals surface area contributed by atoms with Crippen LogP contribution in [0.4, 0.5) is 5.69 Å². The number of anilines is 1. The average molecular weight is 280 g/mol. The van der Waals surface area contributed by atoms with Gasteiger partial charge in [0, 0.05) is 0 Å². The highest BCUT2D eigenvalue weighted by Gasteiger charge is 2.21. The number of sulfone groups is 1. The van der Waals surface area contributed by atoms with Gasteiger partial charge in [-0.3, -0.25) is 0 Å². The summed E-state index contributed by atoms with van der Waals surface area (Å²) in [5, 5.41) is 8.90. The number of benzene rings is 1. The summed E-state index contributed by atoms with van der Waals surface area (Å²) in [5.74, 6) is 0.0196. The van der Waals surface area contributed by atoms with Crippen molar-refractivity contribution in [3.05, 3.63) is 23.8 Å². The molecule has 0 aliphatic rings. The van der Waals surface area contributed by atoms with Gasteiger partial charge < -0.3 is 5.73 Å². The predicted molar refractivity (Wildman–Crippen MR) is 76.3 cm³/mol. The summed E-state index contributed by atoms with van der Waals surface area (Å²) in [5.41, 5.74) is 6.38. The van der Waals surface area contributed by atoms with Gasteiger partial charge in [-0.25, -0.2) is 8.42 Å². The highest BCUT2D eigenvalue weighted by molar-refractivity contribution is 7.91. The minimum Gasteiger partial charge on any atom is -0.398 e. The van der Waals surface area contributed by atoms with Crippen LogP contribution in [-0.4, -0.2) is 14.2 Å². The van der Waals surface area contributed by atoms with Crippen LogP contribution in [0.1, 0.15) is 32.3 Å². The van der Waals surface area contributed by atoms with E-state index < -0.39 is 15.3 Å². The van der Waals surface area contributed by atoms with Gasteiger partial charge in [0.2, 0.25) is 0 Å². The highest BCUT2D eigenvalue weighted by Crippen LogP contribution is 2.25. The average Bonchev–Trinajstić information content (AvgIpc) is 2.31. The molecule has 4 nitrogen and oxygen atoms in total. The van der Waals surface area contributed by atoms with Crippen molar-refractivity contribution >= 4 is 15.5 Å². The summed E-state index contributed by atoms with van der Waals surface area (Å²) in [6.45, 7) is 5.44. The topological polar surface area (TPSA) is 84.0 Å². The number of nitrogen functional groups attached to an aromatic ring is 1. The van der Waals surface area contributed by atoms with E-state index in [4.69, 9.17) is 11.0 Å². The molecule has 2 N–H and O–H groups in total. The van der Waals surface area contributed by atoms with Gasteiger partial charge in [-0.2, -0.15) is 5.26 Å². The quantitative estimate of drug-likeness (QED) is 0.840. The first-order valence-corrected chi connectivity index (χ1v) is 7.83. The molecule has 0 bridgehead atoms. The van der Waals surface area contributed by atoms with Crippen molar-refractivity contribution in [3.63, 3.8) is 0 Å². The molecular formula is C14H20N2O2S. The Bertz CT molecular complexity index is 598. The number of rotatable bonds is 5. The Morgan fingerprint density at radius 3 is 2.58 bits per heavy atom. The molecule has 0 fully saturated rings. The summed E-state index contributed by atoms with van der Waals surface area (Å²) >= 11 is 0. The Morgan fingerprint density at radius 2 is 2.00 bits per heavy atom. The van der Waals surface area contributed by atoms with E-state index in [1.54, 1.807) is 32.0 Å². The molecule has 1 aromatic rings. The zero-order valence-corrected chi connectivity index (χ0v) is 12.4. The number of nitrogens with zero attached hydrogens (tertiary/aromatic N) is 1. The molecule has 0 radical (unpaired) electrons. The van der Waals surface area contributed by atoms with Gasteiger partial charge in [-0.05, 0) is 51.3 Å². The molecule has 1 rings (SSSR count). The van der Waals surface area contributed by atoms with Gasteiger partial charge in [0.15, 0.2) is 9.84 Å². The lowest BCUT2D eigenvalue weighted by molar-refractivity contribution is 0.445. The molecule has 0 amide bonds. The molecule has 104 valence electrons. The second-order valence-electron chi connectivity index (χ2n) is 5.46. The Labute approximate surface area is 115 Å². The normalized spacial score (nSPS) is 12.1. The van der Waals surface area contributed by atoms with Crippen molar-refractivity contribution in [2.24, 2.45) is 5.41 Å². The first kappa shape index (κ1) is 15.5. The molecule has 0 aliphatic carbocycles. The molecule has 0 aromatic heterocycles. The van der Waals surface area contributed by atoms with Crippen molar-refractivity contribution < 1.29 is 8.42 Å². The van der Waals surface area contributed by atoms with Crippen LogP contribution in [0.2, 0.25) is 0 Å². The van der Waals surface area contributed by atoms with Crippen LogP contribution in [0.3, 0.4) is 0 Å². The lowest BCUT2D eigenvalue weighted by Gasteiger charge is -2.15. The van der Waals surface area contributed by atoms with E-state index in [0.717, 1.165) is 5.56 Å². The molecule has 0 atom stereocenters. The Kier molecular flexibility index (Phi) is 4.59. The van der Waals surface area contributed by atoms with E-state index in [9.17, 15) is 8.42 Å². The van der Waals surface area contributed by atoms with Gasteiger partial charge in [0.25, 0.3) is 0 Å². The van der Waals surface area contributed by atoms with Crippen molar-refractivity contribution in [2.45, 2.75) is 38.5 Å².